The fourth-order valence-electron chi connectivity index (χ4n) is 2.59. The van der Waals surface area contributed by atoms with Gasteiger partial charge in [-0.25, -0.2) is 0 Å². The maximum atomic E-state index is 11.1. The molecule has 0 bridgehead atoms. The number of carboxylic acids is 1. The summed E-state index contributed by atoms with van der Waals surface area (Å²) in [6.07, 6.45) is 0.911. The van der Waals surface area contributed by atoms with E-state index in [-0.39, 0.29) is 6.42 Å². The zero-order valence-electron chi connectivity index (χ0n) is 12.0. The molecule has 2 rings (SSSR count). The summed E-state index contributed by atoms with van der Waals surface area (Å²) in [4.78, 5) is 11.1. The van der Waals surface area contributed by atoms with E-state index in [1.807, 2.05) is 26.8 Å². The summed E-state index contributed by atoms with van der Waals surface area (Å²) in [5.74, 6) is 0.637. The topological polar surface area (TPSA) is 55.8 Å². The van der Waals surface area contributed by atoms with Crippen LogP contribution in [0.15, 0.2) is 10.5 Å². The fourth-order valence-corrected chi connectivity index (χ4v) is 3.12. The monoisotopic (exact) mass is 342 g/mol. The van der Waals surface area contributed by atoms with Crippen LogP contribution in [0, 0.1) is 6.92 Å². The molecule has 0 saturated carbocycles. The minimum absolute atomic E-state index is 0.0694. The average molecular weight is 343 g/mol. The largest absolute Gasteiger partial charge is 0.489 e. The van der Waals surface area contributed by atoms with Gasteiger partial charge in [0.1, 0.15) is 0 Å². The molecule has 1 aromatic carbocycles. The SMILES string of the molecule is Cc1c(C(C)(C)CC(=O)O)cc(Br)c2c1OCCCO2. The zero-order valence-corrected chi connectivity index (χ0v) is 13.5. The van der Waals surface area contributed by atoms with Gasteiger partial charge in [-0.15, -0.1) is 0 Å². The van der Waals surface area contributed by atoms with Crippen LogP contribution in [-0.2, 0) is 10.2 Å². The van der Waals surface area contributed by atoms with E-state index in [1.54, 1.807) is 0 Å². The third-order valence-electron chi connectivity index (χ3n) is 3.54. The van der Waals surface area contributed by atoms with Crippen molar-refractivity contribution in [2.75, 3.05) is 13.2 Å². The molecule has 4 nitrogen and oxygen atoms in total. The molecule has 0 fully saturated rings. The number of aliphatic carboxylic acids is 1. The second-order valence-corrected chi connectivity index (χ2v) is 6.55. The third kappa shape index (κ3) is 2.92. The van der Waals surface area contributed by atoms with Gasteiger partial charge in [-0.3, -0.25) is 4.79 Å². The molecular formula is C15H19BrO4. The second kappa shape index (κ2) is 5.64. The molecule has 1 aliphatic heterocycles. The van der Waals surface area contributed by atoms with Crippen molar-refractivity contribution in [2.45, 2.75) is 39.0 Å². The number of halogens is 1. The van der Waals surface area contributed by atoms with E-state index in [9.17, 15) is 4.79 Å². The van der Waals surface area contributed by atoms with E-state index >= 15 is 0 Å². The maximum absolute atomic E-state index is 11.1. The van der Waals surface area contributed by atoms with Gasteiger partial charge in [0.15, 0.2) is 11.5 Å². The van der Waals surface area contributed by atoms with Gasteiger partial charge in [-0.1, -0.05) is 13.8 Å². The van der Waals surface area contributed by atoms with Crippen molar-refractivity contribution >= 4 is 21.9 Å². The number of benzene rings is 1. The van der Waals surface area contributed by atoms with Crippen LogP contribution in [0.5, 0.6) is 11.5 Å². The quantitative estimate of drug-likeness (QED) is 0.910. The summed E-state index contributed by atoms with van der Waals surface area (Å²) in [5.41, 5.74) is 1.45. The van der Waals surface area contributed by atoms with Gasteiger partial charge in [0.2, 0.25) is 0 Å². The Morgan fingerprint density at radius 2 is 1.95 bits per heavy atom. The van der Waals surface area contributed by atoms with E-state index in [0.717, 1.165) is 33.5 Å². The van der Waals surface area contributed by atoms with Crippen LogP contribution in [0.4, 0.5) is 0 Å². The van der Waals surface area contributed by atoms with Crippen molar-refractivity contribution in [1.29, 1.82) is 0 Å². The normalized spacial score (nSPS) is 14.8. The molecule has 0 radical (unpaired) electrons. The molecule has 0 saturated heterocycles. The molecule has 1 heterocycles. The maximum Gasteiger partial charge on any atom is 0.304 e. The molecule has 0 aromatic heterocycles. The first-order valence-electron chi connectivity index (χ1n) is 6.64. The fraction of sp³-hybridized carbons (Fsp3) is 0.533. The Bertz CT molecular complexity index is 537. The first kappa shape index (κ1) is 15.2. The number of hydrogen-bond acceptors (Lipinski definition) is 3. The Morgan fingerprint density at radius 3 is 2.55 bits per heavy atom. The molecular weight excluding hydrogens is 324 g/mol. The molecule has 0 spiro atoms. The first-order valence-corrected chi connectivity index (χ1v) is 7.43. The summed E-state index contributed by atoms with van der Waals surface area (Å²) in [7, 11) is 0. The van der Waals surface area contributed by atoms with E-state index in [0.29, 0.717) is 13.2 Å². The number of ether oxygens (including phenoxy) is 2. The molecule has 1 N–H and O–H groups in total. The minimum atomic E-state index is -0.808. The van der Waals surface area contributed by atoms with E-state index < -0.39 is 11.4 Å². The Kier molecular flexibility index (Phi) is 4.28. The summed E-state index contributed by atoms with van der Waals surface area (Å²) in [6, 6.07) is 1.95. The van der Waals surface area contributed by atoms with Crippen molar-refractivity contribution in [3.8, 4) is 11.5 Å². The first-order chi connectivity index (χ1) is 9.33. The third-order valence-corrected chi connectivity index (χ3v) is 4.13. The Balaban J connectivity index is 2.53. The highest BCUT2D eigenvalue weighted by molar-refractivity contribution is 9.10. The Morgan fingerprint density at radius 1 is 1.35 bits per heavy atom. The second-order valence-electron chi connectivity index (χ2n) is 5.69. The van der Waals surface area contributed by atoms with Crippen LogP contribution in [0.1, 0.15) is 37.8 Å². The summed E-state index contributed by atoms with van der Waals surface area (Å²) in [5, 5.41) is 9.09. The number of rotatable bonds is 3. The molecule has 5 heteroatoms. The van der Waals surface area contributed by atoms with E-state index in [4.69, 9.17) is 14.6 Å². The van der Waals surface area contributed by atoms with Gasteiger partial charge >= 0.3 is 5.97 Å². The molecule has 1 aliphatic rings. The van der Waals surface area contributed by atoms with Crippen LogP contribution in [0.3, 0.4) is 0 Å². The summed E-state index contributed by atoms with van der Waals surface area (Å²) >= 11 is 3.51. The Hall–Kier alpha value is -1.23. The van der Waals surface area contributed by atoms with Crippen molar-refractivity contribution in [2.24, 2.45) is 0 Å². The molecule has 0 amide bonds. The minimum Gasteiger partial charge on any atom is -0.489 e. The van der Waals surface area contributed by atoms with Gasteiger partial charge in [0, 0.05) is 11.8 Å². The van der Waals surface area contributed by atoms with Crippen LogP contribution in [0.2, 0.25) is 0 Å². The smallest absolute Gasteiger partial charge is 0.304 e. The lowest BCUT2D eigenvalue weighted by molar-refractivity contribution is -0.138. The molecule has 1 aromatic rings. The number of fused-ring (bicyclic) bond motifs is 1. The van der Waals surface area contributed by atoms with Gasteiger partial charge in [0.25, 0.3) is 0 Å². The van der Waals surface area contributed by atoms with E-state index in [1.165, 1.54) is 0 Å². The van der Waals surface area contributed by atoms with Crippen LogP contribution in [0.25, 0.3) is 0 Å². The van der Waals surface area contributed by atoms with Crippen molar-refractivity contribution in [3.63, 3.8) is 0 Å². The lowest BCUT2D eigenvalue weighted by Gasteiger charge is -2.27. The number of hydrogen-bond donors (Lipinski definition) is 1. The molecule has 110 valence electrons. The number of carbonyl (C=O) groups is 1. The standard InChI is InChI=1S/C15H19BrO4/c1-9-10(15(2,3)8-12(17)18)7-11(16)14-13(9)19-5-4-6-20-14/h7H,4-6,8H2,1-3H3,(H,17,18). The highest BCUT2D eigenvalue weighted by Crippen LogP contribution is 2.45. The van der Waals surface area contributed by atoms with Gasteiger partial charge in [-0.05, 0) is 40.0 Å². The lowest BCUT2D eigenvalue weighted by Crippen LogP contribution is -2.23. The zero-order chi connectivity index (χ0) is 14.9. The molecule has 0 aliphatic carbocycles. The van der Waals surface area contributed by atoms with Gasteiger partial charge in [-0.2, -0.15) is 0 Å². The lowest BCUT2D eigenvalue weighted by atomic mass is 9.79. The van der Waals surface area contributed by atoms with Crippen molar-refractivity contribution < 1.29 is 19.4 Å². The van der Waals surface area contributed by atoms with Gasteiger partial charge in [0.05, 0.1) is 24.1 Å². The average Bonchev–Trinajstić information content (AvgIpc) is 2.57. The highest BCUT2D eigenvalue weighted by Gasteiger charge is 2.30. The highest BCUT2D eigenvalue weighted by atomic mass is 79.9. The number of carboxylic acid groups (broad SMARTS) is 1. The van der Waals surface area contributed by atoms with Crippen LogP contribution >= 0.6 is 15.9 Å². The van der Waals surface area contributed by atoms with Crippen LogP contribution in [-0.4, -0.2) is 24.3 Å². The summed E-state index contributed by atoms with van der Waals surface area (Å²) < 4.78 is 12.3. The Labute approximate surface area is 127 Å². The molecule has 0 unspecified atom stereocenters. The predicted molar refractivity (Wildman–Crippen MR) is 79.8 cm³/mol. The predicted octanol–water partition coefficient (Wildman–Crippen LogP) is 3.67. The molecule has 0 atom stereocenters. The molecule has 20 heavy (non-hydrogen) atoms. The van der Waals surface area contributed by atoms with Crippen molar-refractivity contribution in [3.05, 3.63) is 21.7 Å². The van der Waals surface area contributed by atoms with Gasteiger partial charge < -0.3 is 14.6 Å². The van der Waals surface area contributed by atoms with Crippen LogP contribution < -0.4 is 9.47 Å². The van der Waals surface area contributed by atoms with E-state index in [2.05, 4.69) is 15.9 Å². The van der Waals surface area contributed by atoms with Crippen molar-refractivity contribution in [1.82, 2.24) is 0 Å². The summed E-state index contributed by atoms with van der Waals surface area (Å²) in [6.45, 7) is 7.06.